The van der Waals surface area contributed by atoms with Crippen molar-refractivity contribution >= 4 is 26.6 Å². The lowest BCUT2D eigenvalue weighted by Crippen LogP contribution is -2.07. The zero-order valence-corrected chi connectivity index (χ0v) is 11.3. The second-order valence-electron chi connectivity index (χ2n) is 4.40. The quantitative estimate of drug-likeness (QED) is 0.760. The predicted octanol–water partition coefficient (Wildman–Crippen LogP) is 1.51. The van der Waals surface area contributed by atoms with Gasteiger partial charge < -0.3 is 5.73 Å². The lowest BCUT2D eigenvalue weighted by atomic mass is 10.1. The summed E-state index contributed by atoms with van der Waals surface area (Å²) >= 11 is 0. The monoisotopic (exact) mass is 288 g/mol. The Balaban J connectivity index is 2.05. The van der Waals surface area contributed by atoms with Crippen molar-refractivity contribution in [3.05, 3.63) is 48.0 Å². The van der Waals surface area contributed by atoms with Crippen molar-refractivity contribution in [1.29, 1.82) is 0 Å². The molecule has 1 aromatic heterocycles. The van der Waals surface area contributed by atoms with Gasteiger partial charge in [-0.15, -0.1) is 5.10 Å². The van der Waals surface area contributed by atoms with Gasteiger partial charge in [0.25, 0.3) is 0 Å². The highest BCUT2D eigenvalue weighted by Gasteiger charge is 2.20. The van der Waals surface area contributed by atoms with E-state index in [1.807, 2.05) is 36.4 Å². The number of aromatic amines is 1. The molecule has 102 valence electrons. The van der Waals surface area contributed by atoms with E-state index >= 15 is 0 Å². The Hall–Kier alpha value is -2.41. The summed E-state index contributed by atoms with van der Waals surface area (Å²) in [5, 5.41) is 7.59. The van der Waals surface area contributed by atoms with E-state index in [2.05, 4.69) is 15.2 Å². The molecule has 20 heavy (non-hydrogen) atoms. The predicted molar refractivity (Wildman–Crippen MR) is 75.6 cm³/mol. The molecular formula is C13H12N4O2S. The van der Waals surface area contributed by atoms with Gasteiger partial charge in [0.15, 0.2) is 0 Å². The van der Waals surface area contributed by atoms with Crippen LogP contribution in [0, 0.1) is 0 Å². The molecule has 3 rings (SSSR count). The normalized spacial score (nSPS) is 11.8. The zero-order chi connectivity index (χ0) is 14.2. The molecule has 0 atom stereocenters. The van der Waals surface area contributed by atoms with E-state index in [1.165, 1.54) is 0 Å². The molecule has 0 saturated carbocycles. The molecule has 1 heterocycles. The van der Waals surface area contributed by atoms with Crippen molar-refractivity contribution < 1.29 is 8.42 Å². The Morgan fingerprint density at radius 3 is 2.60 bits per heavy atom. The number of nitrogens with two attached hydrogens (primary N) is 1. The molecule has 3 N–H and O–H groups in total. The zero-order valence-electron chi connectivity index (χ0n) is 10.4. The van der Waals surface area contributed by atoms with Gasteiger partial charge in [-0.25, -0.2) is 13.5 Å². The molecule has 0 radical (unpaired) electrons. The molecule has 0 unspecified atom stereocenters. The number of anilines is 1. The summed E-state index contributed by atoms with van der Waals surface area (Å²) in [5.74, 6) is -0.232. The van der Waals surface area contributed by atoms with Gasteiger partial charge in [-0.2, -0.15) is 4.98 Å². The minimum Gasteiger partial charge on any atom is -0.366 e. The van der Waals surface area contributed by atoms with Crippen LogP contribution in [0.25, 0.3) is 10.8 Å². The van der Waals surface area contributed by atoms with Gasteiger partial charge in [-0.05, 0) is 16.3 Å². The van der Waals surface area contributed by atoms with Crippen LogP contribution in [-0.4, -0.2) is 23.6 Å². The first-order valence-corrected chi connectivity index (χ1v) is 7.59. The number of nitrogen functional groups attached to an aromatic ring is 1. The Kier molecular flexibility index (Phi) is 2.90. The summed E-state index contributed by atoms with van der Waals surface area (Å²) in [6.45, 7) is 0. The third-order valence-corrected chi connectivity index (χ3v) is 4.47. The van der Waals surface area contributed by atoms with Crippen LogP contribution in [0.5, 0.6) is 0 Å². The van der Waals surface area contributed by atoms with Crippen molar-refractivity contribution in [1.82, 2.24) is 15.2 Å². The van der Waals surface area contributed by atoms with Crippen LogP contribution >= 0.6 is 0 Å². The molecule has 2 aromatic carbocycles. The van der Waals surface area contributed by atoms with Crippen molar-refractivity contribution in [2.24, 2.45) is 0 Å². The van der Waals surface area contributed by atoms with Crippen molar-refractivity contribution in [3.8, 4) is 0 Å². The minimum absolute atomic E-state index is 0.0819. The Labute approximate surface area is 115 Å². The fourth-order valence-electron chi connectivity index (χ4n) is 2.09. The SMILES string of the molecule is Nc1n[nH]c(S(=O)(=O)Cc2cccc3ccccc23)n1. The molecule has 0 saturated heterocycles. The number of rotatable bonds is 3. The maximum atomic E-state index is 12.3. The molecule has 0 bridgehead atoms. The van der Waals surface area contributed by atoms with Gasteiger partial charge in [0.2, 0.25) is 20.9 Å². The topological polar surface area (TPSA) is 102 Å². The van der Waals surface area contributed by atoms with E-state index in [9.17, 15) is 8.42 Å². The smallest absolute Gasteiger partial charge is 0.245 e. The molecule has 0 spiro atoms. The summed E-state index contributed by atoms with van der Waals surface area (Å²) in [7, 11) is -3.59. The van der Waals surface area contributed by atoms with Crippen molar-refractivity contribution in [2.45, 2.75) is 10.9 Å². The summed E-state index contributed by atoms with van der Waals surface area (Å²) < 4.78 is 24.5. The first-order chi connectivity index (χ1) is 9.56. The standard InChI is InChI=1S/C13H12N4O2S/c14-12-15-13(17-16-12)20(18,19)8-10-6-3-5-9-4-1-2-7-11(9)10/h1-7H,8H2,(H3,14,15,16,17). The largest absolute Gasteiger partial charge is 0.366 e. The maximum Gasteiger partial charge on any atom is 0.245 e. The number of benzene rings is 2. The number of nitrogens with zero attached hydrogens (tertiary/aromatic N) is 2. The van der Waals surface area contributed by atoms with E-state index in [1.54, 1.807) is 6.07 Å². The average molecular weight is 288 g/mol. The fourth-order valence-corrected chi connectivity index (χ4v) is 3.30. The van der Waals surface area contributed by atoms with Crippen LogP contribution in [0.3, 0.4) is 0 Å². The van der Waals surface area contributed by atoms with Crippen LogP contribution in [0.1, 0.15) is 5.56 Å². The highest BCUT2D eigenvalue weighted by atomic mass is 32.2. The number of H-pyrrole nitrogens is 1. The maximum absolute atomic E-state index is 12.3. The fraction of sp³-hybridized carbons (Fsp3) is 0.0769. The summed E-state index contributed by atoms with van der Waals surface area (Å²) in [4.78, 5) is 3.68. The Bertz CT molecular complexity index is 865. The molecule has 6 nitrogen and oxygen atoms in total. The number of fused-ring (bicyclic) bond motifs is 1. The summed E-state index contributed by atoms with van der Waals surface area (Å²) in [6, 6.07) is 13.2. The highest BCUT2D eigenvalue weighted by molar-refractivity contribution is 7.90. The molecule has 3 aromatic rings. The Morgan fingerprint density at radius 2 is 1.85 bits per heavy atom. The van der Waals surface area contributed by atoms with E-state index in [0.29, 0.717) is 0 Å². The second-order valence-corrected chi connectivity index (χ2v) is 6.30. The third-order valence-electron chi connectivity index (χ3n) is 3.00. The summed E-state index contributed by atoms with van der Waals surface area (Å²) in [6.07, 6.45) is 0. The van der Waals surface area contributed by atoms with Gasteiger partial charge in [0.05, 0.1) is 5.75 Å². The third kappa shape index (κ3) is 2.23. The molecule has 0 aliphatic rings. The molecule has 0 amide bonds. The van der Waals surface area contributed by atoms with Gasteiger partial charge in [0, 0.05) is 0 Å². The first-order valence-electron chi connectivity index (χ1n) is 5.93. The van der Waals surface area contributed by atoms with Crippen LogP contribution < -0.4 is 5.73 Å². The molecular weight excluding hydrogens is 276 g/mol. The van der Waals surface area contributed by atoms with Gasteiger partial charge in [-0.1, -0.05) is 42.5 Å². The van der Waals surface area contributed by atoms with Crippen molar-refractivity contribution in [3.63, 3.8) is 0 Å². The van der Waals surface area contributed by atoms with Crippen LogP contribution in [0.4, 0.5) is 5.95 Å². The second kappa shape index (κ2) is 4.61. The molecule has 0 aliphatic heterocycles. The lowest BCUT2D eigenvalue weighted by Gasteiger charge is -2.06. The number of aromatic nitrogens is 3. The molecule has 7 heteroatoms. The Morgan fingerprint density at radius 1 is 1.10 bits per heavy atom. The van der Waals surface area contributed by atoms with Gasteiger partial charge >= 0.3 is 0 Å². The highest BCUT2D eigenvalue weighted by Crippen LogP contribution is 2.22. The summed E-state index contributed by atoms with van der Waals surface area (Å²) in [5.41, 5.74) is 6.06. The van der Waals surface area contributed by atoms with Gasteiger partial charge in [-0.3, -0.25) is 0 Å². The van der Waals surface area contributed by atoms with E-state index in [-0.39, 0.29) is 16.9 Å². The van der Waals surface area contributed by atoms with Crippen LogP contribution in [-0.2, 0) is 15.6 Å². The number of sulfone groups is 1. The van der Waals surface area contributed by atoms with E-state index in [4.69, 9.17) is 5.73 Å². The van der Waals surface area contributed by atoms with Crippen LogP contribution in [0.2, 0.25) is 0 Å². The number of hydrogen-bond donors (Lipinski definition) is 2. The van der Waals surface area contributed by atoms with E-state index in [0.717, 1.165) is 16.3 Å². The van der Waals surface area contributed by atoms with Gasteiger partial charge in [0.1, 0.15) is 0 Å². The average Bonchev–Trinajstić information content (AvgIpc) is 2.86. The first kappa shape index (κ1) is 12.6. The molecule has 0 aliphatic carbocycles. The molecule has 0 fully saturated rings. The lowest BCUT2D eigenvalue weighted by molar-refractivity contribution is 0.587. The van der Waals surface area contributed by atoms with Crippen molar-refractivity contribution in [2.75, 3.05) is 5.73 Å². The number of nitrogens with one attached hydrogen (secondary N) is 1. The van der Waals surface area contributed by atoms with Crippen LogP contribution in [0.15, 0.2) is 47.6 Å². The number of hydrogen-bond acceptors (Lipinski definition) is 5. The minimum atomic E-state index is -3.59. The van der Waals surface area contributed by atoms with E-state index < -0.39 is 9.84 Å².